The van der Waals surface area contributed by atoms with Crippen molar-refractivity contribution in [3.8, 4) is 22.8 Å². The second-order valence-electron chi connectivity index (χ2n) is 7.21. The van der Waals surface area contributed by atoms with Gasteiger partial charge < -0.3 is 9.47 Å². The lowest BCUT2D eigenvalue weighted by Gasteiger charge is -2.16. The Hall–Kier alpha value is -3.35. The summed E-state index contributed by atoms with van der Waals surface area (Å²) in [5.41, 5.74) is 2.83. The molecule has 0 amide bonds. The first kappa shape index (κ1) is 19.0. The van der Waals surface area contributed by atoms with Gasteiger partial charge in [-0.3, -0.25) is 14.8 Å². The summed E-state index contributed by atoms with van der Waals surface area (Å²) >= 11 is 0. The highest BCUT2D eigenvalue weighted by Crippen LogP contribution is 2.35. The number of aromatic nitrogens is 2. The van der Waals surface area contributed by atoms with Crippen molar-refractivity contribution in [2.45, 2.75) is 38.3 Å². The number of hydrogen-bond donors (Lipinski definition) is 0. The number of nitro benzene ring substituents is 1. The topological polar surface area (TPSA) is 79.4 Å². The van der Waals surface area contributed by atoms with E-state index in [-0.39, 0.29) is 11.8 Å². The van der Waals surface area contributed by atoms with Crippen LogP contribution in [0.25, 0.3) is 11.3 Å². The van der Waals surface area contributed by atoms with Crippen molar-refractivity contribution in [3.05, 3.63) is 70.4 Å². The van der Waals surface area contributed by atoms with Crippen molar-refractivity contribution in [2.75, 3.05) is 7.11 Å². The largest absolute Gasteiger partial charge is 0.493 e. The van der Waals surface area contributed by atoms with Gasteiger partial charge in [0.25, 0.3) is 5.69 Å². The summed E-state index contributed by atoms with van der Waals surface area (Å²) in [6.45, 7) is 0.541. The molecular formula is C22H23N3O4. The van der Waals surface area contributed by atoms with Gasteiger partial charge in [0.05, 0.1) is 30.4 Å². The number of benzene rings is 2. The Morgan fingerprint density at radius 1 is 1.10 bits per heavy atom. The van der Waals surface area contributed by atoms with Crippen LogP contribution in [0.15, 0.2) is 54.7 Å². The molecule has 29 heavy (non-hydrogen) atoms. The minimum absolute atomic E-state index is 0.0860. The Morgan fingerprint density at radius 3 is 2.55 bits per heavy atom. The quantitative estimate of drug-likeness (QED) is 0.424. The zero-order chi connectivity index (χ0) is 20.2. The predicted octanol–water partition coefficient (Wildman–Crippen LogP) is 4.84. The Morgan fingerprint density at radius 2 is 1.86 bits per heavy atom. The van der Waals surface area contributed by atoms with Crippen LogP contribution in [-0.4, -0.2) is 27.9 Å². The SMILES string of the molecule is COc1ccc(-c2ccn(Cc3ccc([N+](=O)[O-])cc3)n2)cc1OC1CCCC1. The van der Waals surface area contributed by atoms with Crippen LogP contribution in [0.2, 0.25) is 0 Å². The fourth-order valence-electron chi connectivity index (χ4n) is 3.63. The normalized spacial score (nSPS) is 14.1. The van der Waals surface area contributed by atoms with Crippen LogP contribution in [0.3, 0.4) is 0 Å². The lowest BCUT2D eigenvalue weighted by molar-refractivity contribution is -0.384. The summed E-state index contributed by atoms with van der Waals surface area (Å²) in [7, 11) is 1.65. The van der Waals surface area contributed by atoms with E-state index in [0.717, 1.165) is 41.2 Å². The Bertz CT molecular complexity index is 992. The average Bonchev–Trinajstić information content (AvgIpc) is 3.40. The van der Waals surface area contributed by atoms with Crippen LogP contribution >= 0.6 is 0 Å². The van der Waals surface area contributed by atoms with Gasteiger partial charge in [0.1, 0.15) is 0 Å². The van der Waals surface area contributed by atoms with E-state index in [1.807, 2.05) is 35.1 Å². The number of rotatable bonds is 7. The number of nitro groups is 1. The van der Waals surface area contributed by atoms with Crippen LogP contribution in [0, 0.1) is 10.1 Å². The summed E-state index contributed by atoms with van der Waals surface area (Å²) in [6.07, 6.45) is 6.73. The van der Waals surface area contributed by atoms with E-state index < -0.39 is 4.92 Å². The molecule has 150 valence electrons. The monoisotopic (exact) mass is 393 g/mol. The number of non-ortho nitro benzene ring substituents is 1. The molecule has 1 aromatic heterocycles. The number of hydrogen-bond acceptors (Lipinski definition) is 5. The van der Waals surface area contributed by atoms with E-state index in [0.29, 0.717) is 6.54 Å². The molecule has 3 aromatic rings. The van der Waals surface area contributed by atoms with Crippen LogP contribution in [-0.2, 0) is 6.54 Å². The van der Waals surface area contributed by atoms with Gasteiger partial charge >= 0.3 is 0 Å². The van der Waals surface area contributed by atoms with Gasteiger partial charge in [-0.15, -0.1) is 0 Å². The highest BCUT2D eigenvalue weighted by atomic mass is 16.6. The molecule has 0 unspecified atom stereocenters. The van der Waals surface area contributed by atoms with Crippen LogP contribution in [0.1, 0.15) is 31.2 Å². The molecule has 0 saturated heterocycles. The van der Waals surface area contributed by atoms with Gasteiger partial charge in [0, 0.05) is 23.9 Å². The molecule has 1 fully saturated rings. The molecule has 2 aromatic carbocycles. The van der Waals surface area contributed by atoms with Crippen molar-refractivity contribution in [1.29, 1.82) is 0 Å². The molecule has 0 spiro atoms. The van der Waals surface area contributed by atoms with Gasteiger partial charge in [0.2, 0.25) is 0 Å². The summed E-state index contributed by atoms with van der Waals surface area (Å²) < 4.78 is 13.5. The molecule has 0 N–H and O–H groups in total. The van der Waals surface area contributed by atoms with Crippen molar-refractivity contribution in [1.82, 2.24) is 9.78 Å². The highest BCUT2D eigenvalue weighted by Gasteiger charge is 2.19. The Kier molecular flexibility index (Phi) is 5.46. The summed E-state index contributed by atoms with van der Waals surface area (Å²) in [6, 6.07) is 14.3. The summed E-state index contributed by atoms with van der Waals surface area (Å²) in [4.78, 5) is 10.4. The second-order valence-corrected chi connectivity index (χ2v) is 7.21. The summed E-state index contributed by atoms with van der Waals surface area (Å²) in [5.74, 6) is 1.48. The molecule has 1 heterocycles. The van der Waals surface area contributed by atoms with Gasteiger partial charge in [0.15, 0.2) is 11.5 Å². The van der Waals surface area contributed by atoms with E-state index in [2.05, 4.69) is 5.10 Å². The van der Waals surface area contributed by atoms with Gasteiger partial charge in [-0.1, -0.05) is 12.1 Å². The number of nitrogens with zero attached hydrogens (tertiary/aromatic N) is 3. The van der Waals surface area contributed by atoms with Gasteiger partial charge in [-0.2, -0.15) is 5.10 Å². The zero-order valence-electron chi connectivity index (χ0n) is 16.3. The van der Waals surface area contributed by atoms with Crippen molar-refractivity contribution >= 4 is 5.69 Å². The minimum atomic E-state index is -0.398. The molecule has 7 nitrogen and oxygen atoms in total. The van der Waals surface area contributed by atoms with Crippen LogP contribution < -0.4 is 9.47 Å². The molecule has 0 bridgehead atoms. The standard InChI is InChI=1S/C22H23N3O4/c1-28-21-11-8-17(14-22(21)29-19-4-2-3-5-19)20-12-13-24(23-20)15-16-6-9-18(10-7-16)25(26)27/h6-14,19H,2-5,15H2,1H3. The minimum Gasteiger partial charge on any atom is -0.493 e. The Balaban J connectivity index is 1.51. The second kappa shape index (κ2) is 8.34. The lowest BCUT2D eigenvalue weighted by Crippen LogP contribution is -2.11. The van der Waals surface area contributed by atoms with E-state index in [1.54, 1.807) is 19.2 Å². The molecule has 4 rings (SSSR count). The molecule has 1 aliphatic rings. The maximum atomic E-state index is 10.8. The van der Waals surface area contributed by atoms with Crippen molar-refractivity contribution in [3.63, 3.8) is 0 Å². The predicted molar refractivity (Wildman–Crippen MR) is 109 cm³/mol. The third-order valence-corrected chi connectivity index (χ3v) is 5.19. The molecular weight excluding hydrogens is 370 g/mol. The third-order valence-electron chi connectivity index (χ3n) is 5.19. The van der Waals surface area contributed by atoms with E-state index in [4.69, 9.17) is 9.47 Å². The van der Waals surface area contributed by atoms with Crippen molar-refractivity contribution < 1.29 is 14.4 Å². The smallest absolute Gasteiger partial charge is 0.269 e. The first-order chi connectivity index (χ1) is 14.1. The van der Waals surface area contributed by atoms with Gasteiger partial charge in [-0.25, -0.2) is 0 Å². The molecule has 0 radical (unpaired) electrons. The Labute approximate surface area is 169 Å². The number of methoxy groups -OCH3 is 1. The molecule has 0 aliphatic heterocycles. The van der Waals surface area contributed by atoms with E-state index in [1.165, 1.54) is 25.0 Å². The van der Waals surface area contributed by atoms with E-state index in [9.17, 15) is 10.1 Å². The van der Waals surface area contributed by atoms with Crippen LogP contribution in [0.5, 0.6) is 11.5 Å². The maximum Gasteiger partial charge on any atom is 0.269 e. The number of ether oxygens (including phenoxy) is 2. The molecule has 1 saturated carbocycles. The zero-order valence-corrected chi connectivity index (χ0v) is 16.3. The fourth-order valence-corrected chi connectivity index (χ4v) is 3.63. The molecule has 7 heteroatoms. The summed E-state index contributed by atoms with van der Waals surface area (Å²) in [5, 5.41) is 15.4. The fraction of sp³-hybridized carbons (Fsp3) is 0.318. The first-order valence-corrected chi connectivity index (χ1v) is 9.74. The third kappa shape index (κ3) is 4.39. The van der Waals surface area contributed by atoms with E-state index >= 15 is 0 Å². The first-order valence-electron chi connectivity index (χ1n) is 9.74. The molecule has 1 aliphatic carbocycles. The lowest BCUT2D eigenvalue weighted by atomic mass is 10.1. The van der Waals surface area contributed by atoms with Gasteiger partial charge in [-0.05, 0) is 55.5 Å². The highest BCUT2D eigenvalue weighted by molar-refractivity contribution is 5.63. The van der Waals surface area contributed by atoms with Crippen LogP contribution in [0.4, 0.5) is 5.69 Å². The van der Waals surface area contributed by atoms with Crippen molar-refractivity contribution in [2.24, 2.45) is 0 Å². The molecule has 0 atom stereocenters. The average molecular weight is 393 g/mol. The maximum absolute atomic E-state index is 10.8.